The van der Waals surface area contributed by atoms with E-state index in [2.05, 4.69) is 42.3 Å². The number of fused-ring (bicyclic) bond motifs is 1. The standard InChI is InChI=1S/C22H25ClN4O/c1-3-26(4-2)16-18-10-6-5-9-17(18)15-24-21(28)13-12-19-22(23)25-20-11-7-8-14-27(19)20/h5-14H,3-4,15-16H2,1-2H3,(H,24,28)/p+1/b13-12+. The molecule has 0 aliphatic heterocycles. The van der Waals surface area contributed by atoms with Crippen LogP contribution in [0.25, 0.3) is 11.7 Å². The quantitative estimate of drug-likeness (QED) is 0.574. The lowest BCUT2D eigenvalue weighted by atomic mass is 10.1. The van der Waals surface area contributed by atoms with Crippen LogP contribution in [0.4, 0.5) is 0 Å². The number of carbonyl (C=O) groups excluding carboxylic acids is 1. The summed E-state index contributed by atoms with van der Waals surface area (Å²) in [6.45, 7) is 8.02. The van der Waals surface area contributed by atoms with Crippen LogP contribution in [0.1, 0.15) is 30.7 Å². The minimum Gasteiger partial charge on any atom is -0.348 e. The van der Waals surface area contributed by atoms with Crippen LogP contribution < -0.4 is 10.2 Å². The zero-order valence-electron chi connectivity index (χ0n) is 16.3. The number of aromatic nitrogens is 2. The number of halogens is 1. The highest BCUT2D eigenvalue weighted by molar-refractivity contribution is 6.31. The molecule has 1 aromatic carbocycles. The predicted octanol–water partition coefficient (Wildman–Crippen LogP) is 2.74. The molecule has 5 nitrogen and oxygen atoms in total. The molecule has 0 radical (unpaired) electrons. The van der Waals surface area contributed by atoms with Gasteiger partial charge in [-0.2, -0.15) is 0 Å². The van der Waals surface area contributed by atoms with Crippen LogP contribution >= 0.6 is 11.6 Å². The minimum atomic E-state index is -0.160. The van der Waals surface area contributed by atoms with Gasteiger partial charge in [-0.05, 0) is 37.6 Å². The summed E-state index contributed by atoms with van der Waals surface area (Å²) in [5, 5.41) is 3.35. The molecule has 2 aromatic heterocycles. The highest BCUT2D eigenvalue weighted by atomic mass is 35.5. The van der Waals surface area contributed by atoms with Crippen molar-refractivity contribution in [1.29, 1.82) is 0 Å². The van der Waals surface area contributed by atoms with E-state index in [1.54, 1.807) is 6.08 Å². The highest BCUT2D eigenvalue weighted by Gasteiger charge is 2.10. The van der Waals surface area contributed by atoms with Crippen LogP contribution in [0, 0.1) is 0 Å². The maximum atomic E-state index is 12.3. The van der Waals surface area contributed by atoms with Gasteiger partial charge in [0.25, 0.3) is 0 Å². The third-order valence-corrected chi connectivity index (χ3v) is 5.20. The lowest BCUT2D eigenvalue weighted by Gasteiger charge is -2.17. The third-order valence-electron chi connectivity index (χ3n) is 4.93. The van der Waals surface area contributed by atoms with Gasteiger partial charge in [0.05, 0.1) is 18.8 Å². The second-order valence-corrected chi connectivity index (χ2v) is 7.03. The molecule has 28 heavy (non-hydrogen) atoms. The normalized spacial score (nSPS) is 11.6. The fourth-order valence-corrected chi connectivity index (χ4v) is 3.44. The summed E-state index contributed by atoms with van der Waals surface area (Å²) in [6.07, 6.45) is 5.07. The summed E-state index contributed by atoms with van der Waals surface area (Å²) in [5.41, 5.74) is 3.87. The first-order chi connectivity index (χ1) is 13.6. The van der Waals surface area contributed by atoms with Gasteiger partial charge in [-0.25, -0.2) is 4.98 Å². The van der Waals surface area contributed by atoms with Gasteiger partial charge in [-0.15, -0.1) is 0 Å². The molecule has 0 saturated heterocycles. The average molecular weight is 398 g/mol. The number of nitrogens with one attached hydrogen (secondary N) is 2. The van der Waals surface area contributed by atoms with Gasteiger partial charge in [-0.1, -0.05) is 41.9 Å². The van der Waals surface area contributed by atoms with E-state index in [0.717, 1.165) is 30.8 Å². The van der Waals surface area contributed by atoms with E-state index in [4.69, 9.17) is 11.6 Å². The maximum absolute atomic E-state index is 12.3. The van der Waals surface area contributed by atoms with Crippen LogP contribution in [0.5, 0.6) is 0 Å². The maximum Gasteiger partial charge on any atom is 0.244 e. The molecule has 6 heteroatoms. The summed E-state index contributed by atoms with van der Waals surface area (Å²) < 4.78 is 1.86. The van der Waals surface area contributed by atoms with Gasteiger partial charge in [0.15, 0.2) is 5.15 Å². The molecule has 0 fully saturated rings. The summed E-state index contributed by atoms with van der Waals surface area (Å²) in [4.78, 5) is 18.1. The van der Waals surface area contributed by atoms with E-state index >= 15 is 0 Å². The topological polar surface area (TPSA) is 50.8 Å². The molecular weight excluding hydrogens is 372 g/mol. The average Bonchev–Trinajstić information content (AvgIpc) is 3.04. The van der Waals surface area contributed by atoms with Crippen LogP contribution in [-0.4, -0.2) is 28.4 Å². The van der Waals surface area contributed by atoms with E-state index in [1.165, 1.54) is 16.5 Å². The van der Waals surface area contributed by atoms with Gasteiger partial charge in [-0.3, -0.25) is 9.20 Å². The van der Waals surface area contributed by atoms with Gasteiger partial charge < -0.3 is 10.2 Å². The number of hydrogen-bond donors (Lipinski definition) is 2. The summed E-state index contributed by atoms with van der Waals surface area (Å²) >= 11 is 6.20. The Morgan fingerprint density at radius 1 is 1.14 bits per heavy atom. The second kappa shape index (κ2) is 9.53. The molecule has 2 N–H and O–H groups in total. The first kappa shape index (κ1) is 20.1. The van der Waals surface area contributed by atoms with Crippen molar-refractivity contribution < 1.29 is 9.69 Å². The molecule has 0 unspecified atom stereocenters. The molecule has 146 valence electrons. The SMILES string of the molecule is CC[NH+](CC)Cc1ccccc1CNC(=O)/C=C/c1c(Cl)nc2ccccn12. The molecule has 2 heterocycles. The van der Waals surface area contributed by atoms with Crippen LogP contribution in [-0.2, 0) is 17.9 Å². The van der Waals surface area contributed by atoms with E-state index in [0.29, 0.717) is 17.4 Å². The minimum absolute atomic E-state index is 0.160. The van der Waals surface area contributed by atoms with E-state index in [9.17, 15) is 4.79 Å². The van der Waals surface area contributed by atoms with Crippen LogP contribution in [0.2, 0.25) is 5.15 Å². The number of pyridine rings is 1. The van der Waals surface area contributed by atoms with Crippen LogP contribution in [0.3, 0.4) is 0 Å². The van der Waals surface area contributed by atoms with E-state index in [-0.39, 0.29) is 5.91 Å². The Bertz CT molecular complexity index is 976. The molecule has 0 aliphatic carbocycles. The van der Waals surface area contributed by atoms with Crippen molar-refractivity contribution in [1.82, 2.24) is 14.7 Å². The van der Waals surface area contributed by atoms with Crippen molar-refractivity contribution >= 4 is 29.2 Å². The predicted molar refractivity (Wildman–Crippen MR) is 113 cm³/mol. The summed E-state index contributed by atoms with van der Waals surface area (Å²) in [5.74, 6) is -0.160. The third kappa shape index (κ3) is 4.80. The Kier molecular flexibility index (Phi) is 6.85. The smallest absolute Gasteiger partial charge is 0.244 e. The molecule has 0 saturated carbocycles. The Balaban J connectivity index is 1.66. The Morgan fingerprint density at radius 3 is 2.61 bits per heavy atom. The van der Waals surface area contributed by atoms with Crippen molar-refractivity contribution in [3.8, 4) is 0 Å². The molecule has 0 spiro atoms. The fraction of sp³-hybridized carbons (Fsp3) is 0.273. The number of nitrogens with zero attached hydrogens (tertiary/aromatic N) is 2. The van der Waals surface area contributed by atoms with Crippen molar-refractivity contribution in [2.75, 3.05) is 13.1 Å². The monoisotopic (exact) mass is 397 g/mol. The molecule has 0 atom stereocenters. The summed E-state index contributed by atoms with van der Waals surface area (Å²) in [6, 6.07) is 13.9. The van der Waals surface area contributed by atoms with E-state index < -0.39 is 0 Å². The van der Waals surface area contributed by atoms with Crippen molar-refractivity contribution in [3.05, 3.63) is 76.7 Å². The molecule has 0 aliphatic rings. The highest BCUT2D eigenvalue weighted by Crippen LogP contribution is 2.18. The van der Waals surface area contributed by atoms with Crippen molar-refractivity contribution in [2.45, 2.75) is 26.9 Å². The Labute approximate surface area is 170 Å². The number of hydrogen-bond acceptors (Lipinski definition) is 2. The zero-order valence-corrected chi connectivity index (χ0v) is 17.0. The molecular formula is C22H26ClN4O+. The second-order valence-electron chi connectivity index (χ2n) is 6.67. The zero-order chi connectivity index (χ0) is 19.9. The van der Waals surface area contributed by atoms with Gasteiger partial charge in [0.1, 0.15) is 12.2 Å². The number of imidazole rings is 1. The molecule has 0 bridgehead atoms. The molecule has 1 amide bonds. The number of rotatable bonds is 8. The Hall–Kier alpha value is -2.63. The first-order valence-electron chi connectivity index (χ1n) is 9.61. The number of carbonyl (C=O) groups is 1. The number of benzene rings is 1. The van der Waals surface area contributed by atoms with E-state index in [1.807, 2.05) is 34.9 Å². The van der Waals surface area contributed by atoms with Crippen molar-refractivity contribution in [3.63, 3.8) is 0 Å². The largest absolute Gasteiger partial charge is 0.348 e. The first-order valence-corrected chi connectivity index (χ1v) is 9.99. The number of amides is 1. The molecule has 3 rings (SSSR count). The van der Waals surface area contributed by atoms with Gasteiger partial charge in [0.2, 0.25) is 5.91 Å². The van der Waals surface area contributed by atoms with Gasteiger partial charge >= 0.3 is 0 Å². The van der Waals surface area contributed by atoms with Crippen molar-refractivity contribution in [2.24, 2.45) is 0 Å². The number of quaternary nitrogens is 1. The lowest BCUT2D eigenvalue weighted by Crippen LogP contribution is -3.10. The Morgan fingerprint density at radius 2 is 1.86 bits per heavy atom. The fourth-order valence-electron chi connectivity index (χ4n) is 3.20. The van der Waals surface area contributed by atoms with Crippen LogP contribution in [0.15, 0.2) is 54.7 Å². The lowest BCUT2D eigenvalue weighted by molar-refractivity contribution is -0.910. The van der Waals surface area contributed by atoms with Gasteiger partial charge in [0, 0.05) is 24.4 Å². The molecule has 3 aromatic rings. The summed E-state index contributed by atoms with van der Waals surface area (Å²) in [7, 11) is 0.